The fourth-order valence-corrected chi connectivity index (χ4v) is 7.66. The van der Waals surface area contributed by atoms with Gasteiger partial charge in [-0.25, -0.2) is 22.2 Å². The molecule has 47 heavy (non-hydrogen) atoms. The summed E-state index contributed by atoms with van der Waals surface area (Å²) in [5, 5.41) is 14.0. The zero-order chi connectivity index (χ0) is 33.5. The second kappa shape index (κ2) is 12.6. The lowest BCUT2D eigenvalue weighted by molar-refractivity contribution is 0.0509. The average molecular weight is 675 g/mol. The molecule has 0 radical (unpaired) electrons. The number of nitrogens with one attached hydrogen (secondary N) is 1. The highest BCUT2D eigenvalue weighted by molar-refractivity contribution is 7.90. The number of ether oxygens (including phenoxy) is 2. The Balaban J connectivity index is 1.35. The Morgan fingerprint density at radius 2 is 1.83 bits per heavy atom. The van der Waals surface area contributed by atoms with Crippen molar-refractivity contribution < 1.29 is 22.7 Å². The molecular formula is C34H38N6O5S2. The molecule has 6 rings (SSSR count). The van der Waals surface area contributed by atoms with Crippen molar-refractivity contribution in [2.24, 2.45) is 0 Å². The lowest BCUT2D eigenvalue weighted by atomic mass is 10.1. The van der Waals surface area contributed by atoms with Gasteiger partial charge in [-0.3, -0.25) is 0 Å². The number of aryl methyl sites for hydroxylation is 1. The third kappa shape index (κ3) is 7.10. The minimum Gasteiger partial charge on any atom is -0.475 e. The quantitative estimate of drug-likeness (QED) is 0.192. The molecular weight excluding hydrogens is 637 g/mol. The summed E-state index contributed by atoms with van der Waals surface area (Å²) in [5.41, 5.74) is 2.95. The highest BCUT2D eigenvalue weighted by Crippen LogP contribution is 2.38. The molecule has 0 aliphatic carbocycles. The number of amides is 1. The number of aromatic nitrogens is 4. The molecule has 0 spiro atoms. The van der Waals surface area contributed by atoms with Gasteiger partial charge in [-0.15, -0.1) is 10.2 Å². The van der Waals surface area contributed by atoms with Crippen molar-refractivity contribution in [3.05, 3.63) is 72.4 Å². The molecule has 1 aliphatic heterocycles. The number of carbonyl (C=O) groups excluding carboxylic acids is 1. The van der Waals surface area contributed by atoms with Crippen LogP contribution in [-0.4, -0.2) is 64.5 Å². The number of alkyl carbamates (subject to hydrolysis) is 1. The maximum Gasteiger partial charge on any atom is 0.407 e. The molecule has 1 fully saturated rings. The smallest absolute Gasteiger partial charge is 0.407 e. The second-order valence-electron chi connectivity index (χ2n) is 12.9. The van der Waals surface area contributed by atoms with Crippen LogP contribution in [0.2, 0.25) is 0 Å². The van der Waals surface area contributed by atoms with Crippen LogP contribution in [0.5, 0.6) is 5.88 Å². The number of rotatable bonds is 8. The van der Waals surface area contributed by atoms with E-state index in [1.807, 2.05) is 65.8 Å². The summed E-state index contributed by atoms with van der Waals surface area (Å²) in [6.07, 6.45) is 1.88. The molecule has 2 aromatic carbocycles. The Bertz CT molecular complexity index is 2030. The van der Waals surface area contributed by atoms with Gasteiger partial charge >= 0.3 is 6.09 Å². The summed E-state index contributed by atoms with van der Waals surface area (Å²) in [6.45, 7) is 12.6. The van der Waals surface area contributed by atoms with Gasteiger partial charge in [0.15, 0.2) is 0 Å². The summed E-state index contributed by atoms with van der Waals surface area (Å²) in [7, 11) is -3.92. The predicted octanol–water partition coefficient (Wildman–Crippen LogP) is 6.66. The number of hydrogen-bond donors (Lipinski definition) is 1. The van der Waals surface area contributed by atoms with E-state index in [1.54, 1.807) is 42.6 Å². The van der Waals surface area contributed by atoms with Crippen LogP contribution in [0.3, 0.4) is 0 Å². The first-order valence-corrected chi connectivity index (χ1v) is 17.7. The maximum absolute atomic E-state index is 13.9. The van der Waals surface area contributed by atoms with Gasteiger partial charge in [0.25, 0.3) is 10.0 Å². The number of nitrogens with zero attached hydrogens (tertiary/aromatic N) is 5. The summed E-state index contributed by atoms with van der Waals surface area (Å²) < 4.78 is 40.5. The fourth-order valence-electron chi connectivity index (χ4n) is 5.42. The van der Waals surface area contributed by atoms with E-state index < -0.39 is 21.7 Å². The van der Waals surface area contributed by atoms with Crippen molar-refractivity contribution in [3.63, 3.8) is 0 Å². The zero-order valence-electron chi connectivity index (χ0n) is 27.2. The first-order chi connectivity index (χ1) is 22.3. The third-order valence-electron chi connectivity index (χ3n) is 7.55. The molecule has 1 amide bonds. The van der Waals surface area contributed by atoms with Crippen LogP contribution in [0.1, 0.15) is 46.6 Å². The van der Waals surface area contributed by atoms with Gasteiger partial charge < -0.3 is 19.7 Å². The average Bonchev–Trinajstić information content (AvgIpc) is 3.75. The van der Waals surface area contributed by atoms with Crippen LogP contribution in [0, 0.1) is 6.92 Å². The molecule has 0 saturated carbocycles. The predicted molar refractivity (Wildman–Crippen MR) is 184 cm³/mol. The zero-order valence-corrected chi connectivity index (χ0v) is 28.9. The van der Waals surface area contributed by atoms with E-state index >= 15 is 0 Å². The normalized spacial score (nSPS) is 15.4. The monoisotopic (exact) mass is 674 g/mol. The van der Waals surface area contributed by atoms with Gasteiger partial charge in [-0.2, -0.15) is 0 Å². The van der Waals surface area contributed by atoms with E-state index in [2.05, 4.69) is 20.4 Å². The van der Waals surface area contributed by atoms with Crippen molar-refractivity contribution in [1.82, 2.24) is 24.5 Å². The van der Waals surface area contributed by atoms with Crippen LogP contribution in [0.15, 0.2) is 71.8 Å². The molecule has 0 unspecified atom stereocenters. The largest absolute Gasteiger partial charge is 0.475 e. The molecule has 1 aliphatic rings. The van der Waals surface area contributed by atoms with E-state index in [9.17, 15) is 13.2 Å². The molecule has 1 N–H and O–H groups in total. The molecule has 13 heteroatoms. The van der Waals surface area contributed by atoms with E-state index in [-0.39, 0.29) is 17.0 Å². The molecule has 11 nitrogen and oxygen atoms in total. The van der Waals surface area contributed by atoms with Crippen LogP contribution in [0.4, 0.5) is 9.93 Å². The van der Waals surface area contributed by atoms with Crippen molar-refractivity contribution >= 4 is 43.5 Å². The van der Waals surface area contributed by atoms with Gasteiger partial charge in [0.2, 0.25) is 11.0 Å². The molecule has 0 bridgehead atoms. The molecule has 1 saturated heterocycles. The Morgan fingerprint density at radius 3 is 2.55 bits per heavy atom. The number of anilines is 1. The second-order valence-corrected chi connectivity index (χ2v) is 15.7. The van der Waals surface area contributed by atoms with Crippen molar-refractivity contribution in [3.8, 4) is 27.7 Å². The van der Waals surface area contributed by atoms with Crippen LogP contribution in [-0.2, 0) is 14.8 Å². The van der Waals surface area contributed by atoms with Crippen LogP contribution < -0.4 is 15.0 Å². The van der Waals surface area contributed by atoms with E-state index in [1.165, 1.54) is 15.3 Å². The standard InChI is InChI=1S/C34H38N6O5S2/c1-21(2)44-30-9-7-8-28(36-30)27-20-40(47(42,43)25-13-10-22(3)11-14-25)29-15-12-23(18-26(27)29)31-37-38-32(46-31)39-17-16-24(19-39)35-33(41)45-34(4,5)6/h7-15,18,20-21,24H,16-17,19H2,1-6H3,(H,35,41)/t24-/m1/s1. The number of pyridine rings is 1. The molecule has 1 atom stereocenters. The number of carbonyl (C=O) groups is 1. The van der Waals surface area contributed by atoms with Gasteiger partial charge in [0.05, 0.1) is 28.3 Å². The summed E-state index contributed by atoms with van der Waals surface area (Å²) in [5.74, 6) is 0.454. The first kappa shape index (κ1) is 32.5. The fraction of sp³-hybridized carbons (Fsp3) is 0.353. The van der Waals surface area contributed by atoms with E-state index in [0.29, 0.717) is 39.6 Å². The lowest BCUT2D eigenvalue weighted by Gasteiger charge is -2.21. The van der Waals surface area contributed by atoms with Gasteiger partial charge in [0.1, 0.15) is 10.6 Å². The van der Waals surface area contributed by atoms with Crippen molar-refractivity contribution in [1.29, 1.82) is 0 Å². The van der Waals surface area contributed by atoms with E-state index in [4.69, 9.17) is 14.5 Å². The van der Waals surface area contributed by atoms with Crippen molar-refractivity contribution in [2.75, 3.05) is 18.0 Å². The minimum absolute atomic E-state index is 0.0608. The highest BCUT2D eigenvalue weighted by atomic mass is 32.2. The number of fused-ring (bicyclic) bond motifs is 1. The Kier molecular flexibility index (Phi) is 8.70. The topological polar surface area (TPSA) is 129 Å². The minimum atomic E-state index is -3.92. The Hall–Kier alpha value is -4.49. The molecule has 4 heterocycles. The third-order valence-corrected chi connectivity index (χ3v) is 10.3. The molecule has 5 aromatic rings. The van der Waals surface area contributed by atoms with Crippen molar-refractivity contribution in [2.45, 2.75) is 70.6 Å². The van der Waals surface area contributed by atoms with Crippen LogP contribution in [0.25, 0.3) is 32.7 Å². The molecule has 3 aromatic heterocycles. The molecule has 246 valence electrons. The SMILES string of the molecule is Cc1ccc(S(=O)(=O)n2cc(-c3cccc(OC(C)C)n3)c3cc(-c4nnc(N5CC[C@@H](NC(=O)OC(C)(C)C)C5)s4)ccc32)cc1. The summed E-state index contributed by atoms with van der Waals surface area (Å²) >= 11 is 1.44. The van der Waals surface area contributed by atoms with E-state index in [0.717, 1.165) is 29.2 Å². The van der Waals surface area contributed by atoms with Gasteiger partial charge in [-0.1, -0.05) is 35.1 Å². The maximum atomic E-state index is 13.9. The highest BCUT2D eigenvalue weighted by Gasteiger charge is 2.29. The van der Waals surface area contributed by atoms with Crippen LogP contribution >= 0.6 is 11.3 Å². The summed E-state index contributed by atoms with van der Waals surface area (Å²) in [4.78, 5) is 19.3. The lowest BCUT2D eigenvalue weighted by Crippen LogP contribution is -2.40. The summed E-state index contributed by atoms with van der Waals surface area (Å²) in [6, 6.07) is 17.8. The Morgan fingerprint density at radius 1 is 1.06 bits per heavy atom. The number of benzene rings is 2. The van der Waals surface area contributed by atoms with Gasteiger partial charge in [0, 0.05) is 41.9 Å². The Labute approximate surface area is 278 Å². The van der Waals surface area contributed by atoms with Gasteiger partial charge in [-0.05, 0) is 84.4 Å². The number of hydrogen-bond acceptors (Lipinski definition) is 10. The first-order valence-electron chi connectivity index (χ1n) is 15.5.